The Morgan fingerprint density at radius 2 is 1.93 bits per heavy atom. The number of hydrogen-bond acceptors (Lipinski definition) is 4. The van der Waals surface area contributed by atoms with Gasteiger partial charge in [-0.2, -0.15) is 4.98 Å². The summed E-state index contributed by atoms with van der Waals surface area (Å²) in [4.78, 5) is 7.85. The molecule has 1 aromatic rings. The van der Waals surface area contributed by atoms with Gasteiger partial charge in [0.25, 0.3) is 0 Å². The molecule has 0 aliphatic carbocycles. The number of aryl methyl sites for hydroxylation is 1. The first-order valence-corrected chi connectivity index (χ1v) is 5.93. The van der Waals surface area contributed by atoms with E-state index >= 15 is 0 Å². The largest absolute Gasteiger partial charge is 0.493 e. The molecule has 4 heteroatoms. The van der Waals surface area contributed by atoms with Crippen molar-refractivity contribution >= 4 is 12.6 Å². The summed E-state index contributed by atoms with van der Waals surface area (Å²) in [5, 5.41) is 9.58. The van der Waals surface area contributed by atoms with E-state index in [0.29, 0.717) is 5.16 Å². The van der Waals surface area contributed by atoms with Crippen LogP contribution < -0.4 is 0 Å². The van der Waals surface area contributed by atoms with Crippen LogP contribution in [0.2, 0.25) is 0 Å². The number of rotatable bonds is 6. The summed E-state index contributed by atoms with van der Waals surface area (Å²) in [6.45, 7) is 2.20. The van der Waals surface area contributed by atoms with Crippen molar-refractivity contribution in [1.82, 2.24) is 9.97 Å². The first kappa shape index (κ1) is 12.3. The van der Waals surface area contributed by atoms with Gasteiger partial charge in [-0.05, 0) is 12.8 Å². The molecule has 0 fully saturated rings. The highest BCUT2D eigenvalue weighted by Gasteiger charge is 2.00. The molecule has 0 aliphatic rings. The minimum Gasteiger partial charge on any atom is -0.493 e. The van der Waals surface area contributed by atoms with Crippen molar-refractivity contribution < 1.29 is 5.11 Å². The zero-order chi connectivity index (χ0) is 11.1. The molecule has 15 heavy (non-hydrogen) atoms. The number of thiol groups is 1. The van der Waals surface area contributed by atoms with E-state index in [9.17, 15) is 5.11 Å². The van der Waals surface area contributed by atoms with E-state index in [1.807, 2.05) is 0 Å². The van der Waals surface area contributed by atoms with Gasteiger partial charge in [-0.15, -0.1) is 12.6 Å². The molecule has 0 saturated carbocycles. The maximum atomic E-state index is 9.23. The van der Waals surface area contributed by atoms with Gasteiger partial charge in [0.15, 0.2) is 5.16 Å². The van der Waals surface area contributed by atoms with Crippen LogP contribution >= 0.6 is 12.6 Å². The molecule has 1 N–H and O–H groups in total. The summed E-state index contributed by atoms with van der Waals surface area (Å²) in [6.07, 6.45) is 7.07. The summed E-state index contributed by atoms with van der Waals surface area (Å²) in [7, 11) is 0. The average molecular weight is 226 g/mol. The molecule has 1 rings (SSSR count). The van der Waals surface area contributed by atoms with Crippen LogP contribution in [-0.4, -0.2) is 15.1 Å². The van der Waals surface area contributed by atoms with Gasteiger partial charge in [0, 0.05) is 11.8 Å². The zero-order valence-corrected chi connectivity index (χ0v) is 10.0. The van der Waals surface area contributed by atoms with Gasteiger partial charge in [0.2, 0.25) is 5.88 Å². The Labute approximate surface area is 96.4 Å². The van der Waals surface area contributed by atoms with E-state index in [-0.39, 0.29) is 5.88 Å². The van der Waals surface area contributed by atoms with Gasteiger partial charge < -0.3 is 5.11 Å². The molecule has 1 aromatic heterocycles. The zero-order valence-electron chi connectivity index (χ0n) is 9.11. The fourth-order valence-corrected chi connectivity index (χ4v) is 1.74. The average Bonchev–Trinajstić information content (AvgIpc) is 2.16. The predicted molar refractivity (Wildman–Crippen MR) is 63.4 cm³/mol. The molecule has 1 heterocycles. The van der Waals surface area contributed by atoms with Gasteiger partial charge >= 0.3 is 0 Å². The second-order valence-electron chi connectivity index (χ2n) is 3.68. The first-order valence-electron chi connectivity index (χ1n) is 5.48. The summed E-state index contributed by atoms with van der Waals surface area (Å²) < 4.78 is 0. The molecule has 3 nitrogen and oxygen atoms in total. The van der Waals surface area contributed by atoms with Crippen molar-refractivity contribution in [3.05, 3.63) is 11.8 Å². The third-order valence-electron chi connectivity index (χ3n) is 2.29. The Morgan fingerprint density at radius 3 is 2.60 bits per heavy atom. The molecule has 0 unspecified atom stereocenters. The van der Waals surface area contributed by atoms with E-state index < -0.39 is 0 Å². The Kier molecular flexibility index (Phi) is 5.47. The van der Waals surface area contributed by atoms with Gasteiger partial charge in [-0.3, -0.25) is 0 Å². The van der Waals surface area contributed by atoms with Crippen LogP contribution in [-0.2, 0) is 6.42 Å². The van der Waals surface area contributed by atoms with Crippen LogP contribution in [0.3, 0.4) is 0 Å². The molecule has 0 bridgehead atoms. The van der Waals surface area contributed by atoms with E-state index in [2.05, 4.69) is 29.5 Å². The number of aromatic nitrogens is 2. The SMILES string of the molecule is CCCCCCCc1cc(O)nc(S)n1. The van der Waals surface area contributed by atoms with E-state index in [1.54, 1.807) is 6.07 Å². The summed E-state index contributed by atoms with van der Waals surface area (Å²) >= 11 is 4.02. The lowest BCUT2D eigenvalue weighted by atomic mass is 10.1. The quantitative estimate of drug-likeness (QED) is 0.445. The van der Waals surface area contributed by atoms with Crippen LogP contribution in [0.4, 0.5) is 0 Å². The summed E-state index contributed by atoms with van der Waals surface area (Å²) in [6, 6.07) is 1.61. The third kappa shape index (κ3) is 5.02. The molecule has 0 radical (unpaired) electrons. The molecule has 0 spiro atoms. The van der Waals surface area contributed by atoms with Crippen molar-refractivity contribution in [3.8, 4) is 5.88 Å². The Balaban J connectivity index is 2.31. The summed E-state index contributed by atoms with van der Waals surface area (Å²) in [5.41, 5.74) is 0.879. The summed E-state index contributed by atoms with van der Waals surface area (Å²) in [5.74, 6) is 0.0126. The van der Waals surface area contributed by atoms with Crippen LogP contribution in [0.1, 0.15) is 44.7 Å². The molecule has 84 valence electrons. The van der Waals surface area contributed by atoms with Gasteiger partial charge in [-0.25, -0.2) is 4.98 Å². The van der Waals surface area contributed by atoms with Crippen molar-refractivity contribution in [2.75, 3.05) is 0 Å². The Bertz CT molecular complexity index is 284. The maximum absolute atomic E-state index is 9.23. The lowest BCUT2D eigenvalue weighted by Gasteiger charge is -2.02. The fourth-order valence-electron chi connectivity index (χ4n) is 1.51. The Hall–Kier alpha value is -0.770. The molecule has 0 amide bonds. The molecular weight excluding hydrogens is 208 g/mol. The van der Waals surface area contributed by atoms with Gasteiger partial charge in [-0.1, -0.05) is 32.6 Å². The maximum Gasteiger partial charge on any atom is 0.215 e. The molecule has 0 aliphatic heterocycles. The van der Waals surface area contributed by atoms with Crippen LogP contribution in [0, 0.1) is 0 Å². The minimum atomic E-state index is 0.0126. The second kappa shape index (κ2) is 6.67. The van der Waals surface area contributed by atoms with Gasteiger partial charge in [0.1, 0.15) is 0 Å². The predicted octanol–water partition coefficient (Wildman–Crippen LogP) is 2.98. The van der Waals surface area contributed by atoms with Crippen molar-refractivity contribution in [2.45, 2.75) is 50.6 Å². The highest BCUT2D eigenvalue weighted by Crippen LogP contribution is 2.13. The van der Waals surface area contributed by atoms with Crippen LogP contribution in [0.15, 0.2) is 11.2 Å². The molecule has 0 atom stereocenters. The molecular formula is C11H18N2OS. The van der Waals surface area contributed by atoms with Gasteiger partial charge in [0.05, 0.1) is 0 Å². The lowest BCUT2D eigenvalue weighted by molar-refractivity contribution is 0.443. The van der Waals surface area contributed by atoms with Crippen molar-refractivity contribution in [3.63, 3.8) is 0 Å². The number of nitrogens with zero attached hydrogens (tertiary/aromatic N) is 2. The van der Waals surface area contributed by atoms with E-state index in [1.165, 1.54) is 25.7 Å². The van der Waals surface area contributed by atoms with E-state index in [0.717, 1.165) is 18.5 Å². The molecule has 0 aromatic carbocycles. The van der Waals surface area contributed by atoms with Crippen molar-refractivity contribution in [2.24, 2.45) is 0 Å². The van der Waals surface area contributed by atoms with Crippen LogP contribution in [0.5, 0.6) is 5.88 Å². The minimum absolute atomic E-state index is 0.0126. The monoisotopic (exact) mass is 226 g/mol. The molecule has 0 saturated heterocycles. The van der Waals surface area contributed by atoms with E-state index in [4.69, 9.17) is 0 Å². The first-order chi connectivity index (χ1) is 7.22. The highest BCUT2D eigenvalue weighted by atomic mass is 32.1. The Morgan fingerprint density at radius 1 is 1.20 bits per heavy atom. The lowest BCUT2D eigenvalue weighted by Crippen LogP contribution is -1.93. The fraction of sp³-hybridized carbons (Fsp3) is 0.636. The van der Waals surface area contributed by atoms with Crippen LogP contribution in [0.25, 0.3) is 0 Å². The normalized spacial score (nSPS) is 10.5. The number of hydrogen-bond donors (Lipinski definition) is 2. The number of aromatic hydroxyl groups is 1. The highest BCUT2D eigenvalue weighted by molar-refractivity contribution is 7.80. The van der Waals surface area contributed by atoms with Crippen molar-refractivity contribution in [1.29, 1.82) is 0 Å². The number of unbranched alkanes of at least 4 members (excludes halogenated alkanes) is 4. The topological polar surface area (TPSA) is 46.0 Å². The third-order valence-corrected chi connectivity index (χ3v) is 2.49. The standard InChI is InChI=1S/C11H18N2OS/c1-2-3-4-5-6-7-9-8-10(14)13-11(15)12-9/h8H,2-7H2,1H3,(H2,12,13,14,15). The smallest absolute Gasteiger partial charge is 0.215 e. The second-order valence-corrected chi connectivity index (χ2v) is 4.08.